The highest BCUT2D eigenvalue weighted by Gasteiger charge is 2.23. The fraction of sp³-hybridized carbons (Fsp3) is 0. The van der Waals surface area contributed by atoms with E-state index in [1.54, 1.807) is 0 Å². The van der Waals surface area contributed by atoms with E-state index in [-0.39, 0.29) is 0 Å². The Kier molecular flexibility index (Phi) is 6.18. The van der Waals surface area contributed by atoms with Gasteiger partial charge in [0, 0.05) is 27.7 Å². The molecule has 0 N–H and O–H groups in total. The van der Waals surface area contributed by atoms with E-state index in [1.807, 2.05) is 18.2 Å². The van der Waals surface area contributed by atoms with Crippen molar-refractivity contribution in [2.75, 3.05) is 4.90 Å². The van der Waals surface area contributed by atoms with E-state index in [9.17, 15) is 0 Å². The van der Waals surface area contributed by atoms with E-state index in [0.717, 1.165) is 72.6 Å². The molecular formula is C46H29NO2. The van der Waals surface area contributed by atoms with E-state index in [0.29, 0.717) is 0 Å². The Morgan fingerprint density at radius 3 is 1.90 bits per heavy atom. The Morgan fingerprint density at radius 1 is 0.367 bits per heavy atom. The van der Waals surface area contributed by atoms with Gasteiger partial charge in [0.2, 0.25) is 0 Å². The van der Waals surface area contributed by atoms with Crippen molar-refractivity contribution in [2.45, 2.75) is 0 Å². The lowest BCUT2D eigenvalue weighted by atomic mass is 9.89. The molecule has 1 aromatic heterocycles. The molecule has 0 saturated carbocycles. The molecular weight excluding hydrogens is 599 g/mol. The molecule has 10 rings (SSSR count). The molecule has 3 nitrogen and oxygen atoms in total. The maximum atomic E-state index is 6.63. The summed E-state index contributed by atoms with van der Waals surface area (Å²) in [5.41, 5.74) is 11.9. The maximum Gasteiger partial charge on any atom is 0.137 e. The van der Waals surface area contributed by atoms with Gasteiger partial charge in [-0.1, -0.05) is 115 Å². The second-order valence-electron chi connectivity index (χ2n) is 12.5. The molecule has 2 heterocycles. The first-order chi connectivity index (χ1) is 24.3. The number of rotatable bonds is 5. The standard InChI is InChI=1S/C46H29NO2/c1-3-11-31(12-4-1)35-27-28-43-45-37(35)16-9-17-38(45)36-26-23-32(29-44(36)49-43)30-21-24-34(25-22-30)47(33-13-5-2-6-14-33)40-18-10-20-42-46(40)39-15-7-8-19-41(39)48-42/h1-29H. The average molecular weight is 628 g/mol. The lowest BCUT2D eigenvalue weighted by molar-refractivity contribution is 0.487. The van der Waals surface area contributed by atoms with Crippen molar-refractivity contribution in [3.63, 3.8) is 0 Å². The van der Waals surface area contributed by atoms with Crippen LogP contribution in [-0.4, -0.2) is 0 Å². The molecule has 0 bridgehead atoms. The van der Waals surface area contributed by atoms with Crippen LogP contribution in [0.4, 0.5) is 17.1 Å². The Labute approximate surface area is 283 Å². The number of hydrogen-bond acceptors (Lipinski definition) is 3. The largest absolute Gasteiger partial charge is 0.456 e. The molecule has 0 amide bonds. The first kappa shape index (κ1) is 27.5. The number of nitrogens with zero attached hydrogens (tertiary/aromatic N) is 1. The van der Waals surface area contributed by atoms with Gasteiger partial charge in [-0.15, -0.1) is 0 Å². The Balaban J connectivity index is 1.05. The van der Waals surface area contributed by atoms with Crippen LogP contribution in [0.15, 0.2) is 180 Å². The minimum Gasteiger partial charge on any atom is -0.456 e. The summed E-state index contributed by atoms with van der Waals surface area (Å²) in [7, 11) is 0. The van der Waals surface area contributed by atoms with Gasteiger partial charge in [-0.25, -0.2) is 0 Å². The lowest BCUT2D eigenvalue weighted by Crippen LogP contribution is -2.10. The van der Waals surface area contributed by atoms with Crippen LogP contribution in [0, 0.1) is 0 Å². The van der Waals surface area contributed by atoms with Crippen LogP contribution in [0.25, 0.3) is 66.1 Å². The molecule has 1 aliphatic rings. The molecule has 0 radical (unpaired) electrons. The van der Waals surface area contributed by atoms with Crippen molar-refractivity contribution < 1.29 is 9.15 Å². The van der Waals surface area contributed by atoms with Crippen molar-refractivity contribution >= 4 is 49.8 Å². The van der Waals surface area contributed by atoms with Gasteiger partial charge < -0.3 is 14.1 Å². The van der Waals surface area contributed by atoms with E-state index in [2.05, 4.69) is 163 Å². The number of furan rings is 1. The zero-order valence-corrected chi connectivity index (χ0v) is 26.5. The highest BCUT2D eigenvalue weighted by atomic mass is 16.5. The smallest absolute Gasteiger partial charge is 0.137 e. The van der Waals surface area contributed by atoms with E-state index in [4.69, 9.17) is 9.15 Å². The van der Waals surface area contributed by atoms with Crippen molar-refractivity contribution in [1.29, 1.82) is 0 Å². The molecule has 0 fully saturated rings. The number of anilines is 3. The predicted octanol–water partition coefficient (Wildman–Crippen LogP) is 13.3. The van der Waals surface area contributed by atoms with Crippen LogP contribution >= 0.6 is 0 Å². The summed E-state index contributed by atoms with van der Waals surface area (Å²) in [6.45, 7) is 0. The molecule has 9 aromatic rings. The van der Waals surface area contributed by atoms with Crippen LogP contribution in [-0.2, 0) is 0 Å². The van der Waals surface area contributed by atoms with Gasteiger partial charge in [0.1, 0.15) is 22.7 Å². The van der Waals surface area contributed by atoms with Gasteiger partial charge >= 0.3 is 0 Å². The van der Waals surface area contributed by atoms with Gasteiger partial charge in [0.15, 0.2) is 0 Å². The van der Waals surface area contributed by atoms with Crippen LogP contribution in [0.1, 0.15) is 0 Å². The van der Waals surface area contributed by atoms with Crippen molar-refractivity contribution in [3.05, 3.63) is 176 Å². The second-order valence-corrected chi connectivity index (χ2v) is 12.5. The lowest BCUT2D eigenvalue weighted by Gasteiger charge is -2.26. The first-order valence-corrected chi connectivity index (χ1v) is 16.6. The van der Waals surface area contributed by atoms with E-state index in [1.165, 1.54) is 22.1 Å². The van der Waals surface area contributed by atoms with E-state index >= 15 is 0 Å². The summed E-state index contributed by atoms with van der Waals surface area (Å²) in [5, 5.41) is 4.57. The van der Waals surface area contributed by atoms with Crippen LogP contribution in [0.2, 0.25) is 0 Å². The zero-order chi connectivity index (χ0) is 32.3. The van der Waals surface area contributed by atoms with Gasteiger partial charge in [-0.2, -0.15) is 0 Å². The van der Waals surface area contributed by atoms with Crippen LogP contribution in [0.5, 0.6) is 11.5 Å². The zero-order valence-electron chi connectivity index (χ0n) is 26.5. The molecule has 0 saturated heterocycles. The minimum absolute atomic E-state index is 0.874. The van der Waals surface area contributed by atoms with Gasteiger partial charge in [-0.05, 0) is 93.9 Å². The predicted molar refractivity (Wildman–Crippen MR) is 202 cm³/mol. The maximum absolute atomic E-state index is 6.63. The van der Waals surface area contributed by atoms with Crippen LogP contribution < -0.4 is 9.64 Å². The minimum atomic E-state index is 0.874. The molecule has 0 unspecified atom stereocenters. The van der Waals surface area contributed by atoms with Gasteiger partial charge in [0.25, 0.3) is 0 Å². The molecule has 0 aliphatic carbocycles. The summed E-state index contributed by atoms with van der Waals surface area (Å²) in [4.78, 5) is 2.31. The Bertz CT molecular complexity index is 2670. The highest BCUT2D eigenvalue weighted by Crippen LogP contribution is 2.50. The number of fused-ring (bicyclic) bond motifs is 5. The SMILES string of the molecule is c1ccc(-c2ccc3c4c(cccc24)-c2ccc(-c4ccc(N(c5ccccc5)c5cccc6oc7ccccc7c56)cc4)cc2O3)cc1. The summed E-state index contributed by atoms with van der Waals surface area (Å²) in [6.07, 6.45) is 0. The normalized spacial score (nSPS) is 11.8. The summed E-state index contributed by atoms with van der Waals surface area (Å²) in [6, 6.07) is 61.8. The molecule has 230 valence electrons. The third-order valence-corrected chi connectivity index (χ3v) is 9.67. The van der Waals surface area contributed by atoms with E-state index < -0.39 is 0 Å². The summed E-state index contributed by atoms with van der Waals surface area (Å²) < 4.78 is 12.9. The number of ether oxygens (including phenoxy) is 1. The van der Waals surface area contributed by atoms with Crippen LogP contribution in [0.3, 0.4) is 0 Å². The summed E-state index contributed by atoms with van der Waals surface area (Å²) in [5.74, 6) is 1.77. The fourth-order valence-electron chi connectivity index (χ4n) is 7.43. The third-order valence-electron chi connectivity index (χ3n) is 9.67. The molecule has 8 aromatic carbocycles. The average Bonchev–Trinajstić information content (AvgIpc) is 3.56. The monoisotopic (exact) mass is 627 g/mol. The second kappa shape index (κ2) is 11.0. The topological polar surface area (TPSA) is 25.6 Å². The Hall–Kier alpha value is -6.58. The summed E-state index contributed by atoms with van der Waals surface area (Å²) >= 11 is 0. The quantitative estimate of drug-likeness (QED) is 0.190. The van der Waals surface area contributed by atoms with Crippen molar-refractivity contribution in [1.82, 2.24) is 0 Å². The third kappa shape index (κ3) is 4.44. The number of benzene rings is 8. The fourth-order valence-corrected chi connectivity index (χ4v) is 7.43. The molecule has 49 heavy (non-hydrogen) atoms. The molecule has 3 heteroatoms. The van der Waals surface area contributed by atoms with Crippen molar-refractivity contribution in [2.24, 2.45) is 0 Å². The first-order valence-electron chi connectivity index (χ1n) is 16.6. The Morgan fingerprint density at radius 2 is 1.04 bits per heavy atom. The highest BCUT2D eigenvalue weighted by molar-refractivity contribution is 6.13. The van der Waals surface area contributed by atoms with Gasteiger partial charge in [-0.3, -0.25) is 0 Å². The molecule has 0 atom stereocenters. The number of para-hydroxylation sites is 2. The molecule has 0 spiro atoms. The number of hydrogen-bond donors (Lipinski definition) is 0. The van der Waals surface area contributed by atoms with Gasteiger partial charge in [0.05, 0.1) is 11.1 Å². The van der Waals surface area contributed by atoms with Crippen molar-refractivity contribution in [3.8, 4) is 44.9 Å². The molecule has 1 aliphatic heterocycles.